The molecule has 0 N–H and O–H groups in total. The van der Waals surface area contributed by atoms with Gasteiger partial charge in [0.2, 0.25) is 0 Å². The van der Waals surface area contributed by atoms with Crippen LogP contribution in [0.15, 0.2) is 42.5 Å². The summed E-state index contributed by atoms with van der Waals surface area (Å²) >= 11 is 0. The number of ether oxygens (including phenoxy) is 1. The van der Waals surface area contributed by atoms with Gasteiger partial charge in [0, 0.05) is 6.08 Å². The van der Waals surface area contributed by atoms with Crippen molar-refractivity contribution in [1.82, 2.24) is 0 Å². The van der Waals surface area contributed by atoms with Crippen LogP contribution >= 0.6 is 0 Å². The van der Waals surface area contributed by atoms with Crippen LogP contribution < -0.4 is 0 Å². The molecular formula is C19H30O3Si. The van der Waals surface area contributed by atoms with E-state index in [2.05, 4.69) is 46.0 Å². The SMILES string of the molecule is CCOC(=O)/C=C\CC(O[Si](C)(C)C(C)(C)C)c1ccccc1. The van der Waals surface area contributed by atoms with Crippen molar-refractivity contribution in [2.24, 2.45) is 0 Å². The molecule has 0 saturated carbocycles. The summed E-state index contributed by atoms with van der Waals surface area (Å²) in [5, 5.41) is 0.144. The number of carbonyl (C=O) groups excluding carboxylic acids is 1. The van der Waals surface area contributed by atoms with E-state index in [-0.39, 0.29) is 17.1 Å². The number of carbonyl (C=O) groups is 1. The molecule has 1 atom stereocenters. The summed E-state index contributed by atoms with van der Waals surface area (Å²) in [6.45, 7) is 13.4. The minimum atomic E-state index is -1.89. The van der Waals surface area contributed by atoms with Gasteiger partial charge in [-0.15, -0.1) is 0 Å². The van der Waals surface area contributed by atoms with Crippen LogP contribution in [-0.4, -0.2) is 20.9 Å². The van der Waals surface area contributed by atoms with Crippen LogP contribution in [-0.2, 0) is 14.0 Å². The maximum absolute atomic E-state index is 11.5. The fourth-order valence-corrected chi connectivity index (χ4v) is 3.23. The van der Waals surface area contributed by atoms with Crippen molar-refractivity contribution >= 4 is 14.3 Å². The van der Waals surface area contributed by atoms with Crippen molar-refractivity contribution in [2.45, 2.75) is 58.4 Å². The largest absolute Gasteiger partial charge is 0.463 e. The molecule has 0 bridgehead atoms. The van der Waals surface area contributed by atoms with E-state index < -0.39 is 8.32 Å². The predicted molar refractivity (Wildman–Crippen MR) is 97.9 cm³/mol. The molecule has 0 radical (unpaired) electrons. The molecule has 0 aliphatic heterocycles. The lowest BCUT2D eigenvalue weighted by Crippen LogP contribution is -2.41. The second-order valence-corrected chi connectivity index (χ2v) is 11.9. The van der Waals surface area contributed by atoms with E-state index in [1.165, 1.54) is 6.08 Å². The van der Waals surface area contributed by atoms with Gasteiger partial charge in [-0.1, -0.05) is 57.2 Å². The summed E-state index contributed by atoms with van der Waals surface area (Å²) < 4.78 is 11.5. The molecule has 23 heavy (non-hydrogen) atoms. The Balaban J connectivity index is 2.89. The third-order valence-corrected chi connectivity index (χ3v) is 8.79. The van der Waals surface area contributed by atoms with Gasteiger partial charge in [0.15, 0.2) is 8.32 Å². The molecule has 128 valence electrons. The summed E-state index contributed by atoms with van der Waals surface area (Å²) in [6, 6.07) is 10.2. The van der Waals surface area contributed by atoms with Crippen molar-refractivity contribution in [2.75, 3.05) is 6.61 Å². The van der Waals surface area contributed by atoms with Crippen molar-refractivity contribution in [1.29, 1.82) is 0 Å². The Morgan fingerprint density at radius 1 is 1.22 bits per heavy atom. The smallest absolute Gasteiger partial charge is 0.330 e. The van der Waals surface area contributed by atoms with Gasteiger partial charge in [-0.3, -0.25) is 0 Å². The first-order valence-electron chi connectivity index (χ1n) is 8.23. The van der Waals surface area contributed by atoms with Gasteiger partial charge in [0.25, 0.3) is 0 Å². The van der Waals surface area contributed by atoms with Gasteiger partial charge in [-0.2, -0.15) is 0 Å². The molecule has 3 nitrogen and oxygen atoms in total. The zero-order valence-electron chi connectivity index (χ0n) is 15.3. The third kappa shape index (κ3) is 6.32. The quantitative estimate of drug-likeness (QED) is 0.388. The topological polar surface area (TPSA) is 35.5 Å². The van der Waals surface area contributed by atoms with E-state index in [1.807, 2.05) is 24.3 Å². The Morgan fingerprint density at radius 2 is 1.83 bits per heavy atom. The van der Waals surface area contributed by atoms with Crippen LogP contribution in [0.25, 0.3) is 0 Å². The van der Waals surface area contributed by atoms with Crippen molar-refractivity contribution in [3.63, 3.8) is 0 Å². The van der Waals surface area contributed by atoms with E-state index in [9.17, 15) is 4.79 Å². The van der Waals surface area contributed by atoms with Crippen molar-refractivity contribution in [3.8, 4) is 0 Å². The van der Waals surface area contributed by atoms with Gasteiger partial charge in [0.1, 0.15) is 0 Å². The monoisotopic (exact) mass is 334 g/mol. The maximum Gasteiger partial charge on any atom is 0.330 e. The van der Waals surface area contributed by atoms with E-state index in [4.69, 9.17) is 9.16 Å². The molecule has 0 heterocycles. The minimum absolute atomic E-state index is 0.0391. The van der Waals surface area contributed by atoms with E-state index >= 15 is 0 Å². The van der Waals surface area contributed by atoms with E-state index in [0.29, 0.717) is 13.0 Å². The lowest BCUT2D eigenvalue weighted by Gasteiger charge is -2.39. The highest BCUT2D eigenvalue weighted by Crippen LogP contribution is 2.40. The van der Waals surface area contributed by atoms with Gasteiger partial charge >= 0.3 is 5.97 Å². The number of benzene rings is 1. The van der Waals surface area contributed by atoms with Crippen LogP contribution in [0.4, 0.5) is 0 Å². The summed E-state index contributed by atoms with van der Waals surface area (Å²) in [5.41, 5.74) is 1.14. The highest BCUT2D eigenvalue weighted by atomic mass is 28.4. The van der Waals surface area contributed by atoms with Crippen LogP contribution in [0.3, 0.4) is 0 Å². The summed E-state index contributed by atoms with van der Waals surface area (Å²) in [5.74, 6) is -0.299. The number of hydrogen-bond donors (Lipinski definition) is 0. The van der Waals surface area contributed by atoms with Crippen LogP contribution in [0.1, 0.15) is 45.8 Å². The first-order valence-corrected chi connectivity index (χ1v) is 11.1. The molecule has 0 spiro atoms. The molecule has 4 heteroatoms. The van der Waals surface area contributed by atoms with Gasteiger partial charge in [0.05, 0.1) is 12.7 Å². The average Bonchev–Trinajstić information content (AvgIpc) is 2.46. The van der Waals surface area contributed by atoms with Gasteiger partial charge in [-0.25, -0.2) is 4.79 Å². The third-order valence-electron chi connectivity index (χ3n) is 4.31. The Labute approximate surface area is 141 Å². The lowest BCUT2D eigenvalue weighted by molar-refractivity contribution is -0.137. The average molecular weight is 335 g/mol. The Hall–Kier alpha value is -1.39. The number of esters is 1. The summed E-state index contributed by atoms with van der Waals surface area (Å²) in [7, 11) is -1.89. The second-order valence-electron chi connectivity index (χ2n) is 7.17. The normalized spacial score (nSPS) is 14.0. The van der Waals surface area contributed by atoms with Crippen molar-refractivity contribution < 1.29 is 14.0 Å². The fraction of sp³-hybridized carbons (Fsp3) is 0.526. The van der Waals surface area contributed by atoms with Crippen LogP contribution in [0.2, 0.25) is 18.1 Å². The second kappa shape index (κ2) is 8.46. The fourth-order valence-electron chi connectivity index (χ4n) is 1.93. The maximum atomic E-state index is 11.5. The zero-order chi connectivity index (χ0) is 17.5. The van der Waals surface area contributed by atoms with Gasteiger partial charge < -0.3 is 9.16 Å². The molecule has 1 aromatic carbocycles. The first kappa shape index (κ1) is 19.7. The molecule has 0 aromatic heterocycles. The summed E-state index contributed by atoms with van der Waals surface area (Å²) in [6.07, 6.45) is 3.97. The first-order chi connectivity index (χ1) is 10.7. The molecule has 0 aliphatic rings. The van der Waals surface area contributed by atoms with Crippen LogP contribution in [0, 0.1) is 0 Å². The molecule has 1 rings (SSSR count). The number of rotatable bonds is 7. The molecule has 0 aliphatic carbocycles. The van der Waals surface area contributed by atoms with E-state index in [0.717, 1.165) is 5.56 Å². The van der Waals surface area contributed by atoms with E-state index in [1.54, 1.807) is 6.92 Å². The molecule has 0 amide bonds. The molecular weight excluding hydrogens is 304 g/mol. The lowest BCUT2D eigenvalue weighted by atomic mass is 10.1. The molecule has 1 unspecified atom stereocenters. The molecule has 1 aromatic rings. The molecule has 0 fully saturated rings. The zero-order valence-corrected chi connectivity index (χ0v) is 16.3. The minimum Gasteiger partial charge on any atom is -0.463 e. The van der Waals surface area contributed by atoms with Crippen molar-refractivity contribution in [3.05, 3.63) is 48.0 Å². The van der Waals surface area contributed by atoms with Gasteiger partial charge in [-0.05, 0) is 37.0 Å². The number of hydrogen-bond acceptors (Lipinski definition) is 3. The highest BCUT2D eigenvalue weighted by Gasteiger charge is 2.39. The van der Waals surface area contributed by atoms with Crippen LogP contribution in [0.5, 0.6) is 0 Å². The summed E-state index contributed by atoms with van der Waals surface area (Å²) in [4.78, 5) is 11.5. The Bertz CT molecular complexity index is 515. The molecule has 0 saturated heterocycles. The Morgan fingerprint density at radius 3 is 2.35 bits per heavy atom. The highest BCUT2D eigenvalue weighted by molar-refractivity contribution is 6.74. The Kier molecular flexibility index (Phi) is 7.23. The standard InChI is InChI=1S/C19H30O3Si/c1-7-21-18(20)15-11-14-17(16-12-9-8-10-13-16)22-23(5,6)19(2,3)4/h8-13,15,17H,7,14H2,1-6H3/b15-11-. The predicted octanol–water partition coefficient (Wildman–Crippen LogP) is 5.26.